The van der Waals surface area contributed by atoms with Gasteiger partial charge in [-0.25, -0.2) is 4.98 Å². The molecule has 1 atom stereocenters. The van der Waals surface area contributed by atoms with Crippen LogP contribution in [-0.4, -0.2) is 27.8 Å². The summed E-state index contributed by atoms with van der Waals surface area (Å²) in [6, 6.07) is 14.3. The summed E-state index contributed by atoms with van der Waals surface area (Å²) in [4.78, 5) is 30.0. The van der Waals surface area contributed by atoms with E-state index in [9.17, 15) is 9.59 Å². The van der Waals surface area contributed by atoms with Crippen LogP contribution in [0, 0.1) is 0 Å². The van der Waals surface area contributed by atoms with Crippen molar-refractivity contribution in [3.63, 3.8) is 0 Å². The Morgan fingerprint density at radius 3 is 2.86 bits per heavy atom. The second-order valence-electron chi connectivity index (χ2n) is 6.10. The average Bonchev–Trinajstić information content (AvgIpc) is 2.71. The Bertz CT molecular complexity index is 1080. The first kappa shape index (κ1) is 19.7. The quantitative estimate of drug-likeness (QED) is 0.375. The van der Waals surface area contributed by atoms with Gasteiger partial charge in [-0.05, 0) is 31.2 Å². The highest BCUT2D eigenvalue weighted by atomic mass is 32.2. The molecule has 2 aromatic carbocycles. The molecule has 0 fully saturated rings. The Morgan fingerprint density at radius 2 is 2.11 bits per heavy atom. The van der Waals surface area contributed by atoms with E-state index in [4.69, 9.17) is 4.74 Å². The number of benzene rings is 2. The molecule has 0 aliphatic heterocycles. The summed E-state index contributed by atoms with van der Waals surface area (Å²) in [7, 11) is 1.57. The molecule has 0 unspecified atom stereocenters. The van der Waals surface area contributed by atoms with Crippen molar-refractivity contribution in [2.24, 2.45) is 0 Å². The lowest BCUT2D eigenvalue weighted by molar-refractivity contribution is -0.115. The molecule has 3 rings (SSSR count). The fourth-order valence-electron chi connectivity index (χ4n) is 2.68. The van der Waals surface area contributed by atoms with E-state index in [0.717, 1.165) is 0 Å². The molecule has 1 heterocycles. The molecule has 1 amide bonds. The molecule has 7 heteroatoms. The number of hydrogen-bond acceptors (Lipinski definition) is 5. The molecule has 0 aliphatic rings. The summed E-state index contributed by atoms with van der Waals surface area (Å²) in [5.41, 5.74) is 1.11. The van der Waals surface area contributed by atoms with Gasteiger partial charge in [-0.15, -0.1) is 6.58 Å². The van der Waals surface area contributed by atoms with E-state index in [-0.39, 0.29) is 11.5 Å². The van der Waals surface area contributed by atoms with Crippen molar-refractivity contribution >= 4 is 34.3 Å². The standard InChI is InChI=1S/C21H21N3O3S/c1-4-12-24-20(26)17-10-5-6-11-18(17)23-21(24)28-14(2)19(25)22-15-8-7-9-16(13-15)27-3/h4-11,13-14H,1,12H2,2-3H3,(H,22,25)/t14-/m1/s1. The lowest BCUT2D eigenvalue weighted by Gasteiger charge is -2.15. The topological polar surface area (TPSA) is 73.2 Å². The van der Waals surface area contributed by atoms with E-state index in [1.807, 2.05) is 6.07 Å². The number of amides is 1. The number of nitrogens with one attached hydrogen (secondary N) is 1. The van der Waals surface area contributed by atoms with Gasteiger partial charge in [0.1, 0.15) is 5.75 Å². The van der Waals surface area contributed by atoms with Gasteiger partial charge in [-0.1, -0.05) is 36.0 Å². The summed E-state index contributed by atoms with van der Waals surface area (Å²) >= 11 is 1.24. The summed E-state index contributed by atoms with van der Waals surface area (Å²) in [6.45, 7) is 5.82. The highest BCUT2D eigenvalue weighted by molar-refractivity contribution is 8.00. The van der Waals surface area contributed by atoms with Crippen molar-refractivity contribution in [2.45, 2.75) is 23.9 Å². The van der Waals surface area contributed by atoms with Crippen LogP contribution in [0.1, 0.15) is 6.92 Å². The molecule has 0 bridgehead atoms. The Balaban J connectivity index is 1.86. The van der Waals surface area contributed by atoms with Crippen molar-refractivity contribution in [2.75, 3.05) is 12.4 Å². The van der Waals surface area contributed by atoms with Crippen LogP contribution in [0.2, 0.25) is 0 Å². The third-order valence-corrected chi connectivity index (χ3v) is 5.22. The molecule has 144 valence electrons. The lowest BCUT2D eigenvalue weighted by atomic mass is 10.2. The van der Waals surface area contributed by atoms with Gasteiger partial charge < -0.3 is 10.1 Å². The minimum Gasteiger partial charge on any atom is -0.497 e. The van der Waals surface area contributed by atoms with E-state index in [0.29, 0.717) is 34.0 Å². The van der Waals surface area contributed by atoms with Crippen LogP contribution in [0.4, 0.5) is 5.69 Å². The molecule has 6 nitrogen and oxygen atoms in total. The van der Waals surface area contributed by atoms with Gasteiger partial charge in [0.2, 0.25) is 5.91 Å². The third kappa shape index (κ3) is 4.26. The van der Waals surface area contributed by atoms with Gasteiger partial charge in [-0.3, -0.25) is 14.2 Å². The monoisotopic (exact) mass is 395 g/mol. The molecular formula is C21H21N3O3S. The summed E-state index contributed by atoms with van der Waals surface area (Å²) < 4.78 is 6.71. The number of nitrogens with zero attached hydrogens (tertiary/aromatic N) is 2. The average molecular weight is 395 g/mol. The largest absolute Gasteiger partial charge is 0.497 e. The zero-order chi connectivity index (χ0) is 20.1. The van der Waals surface area contributed by atoms with Gasteiger partial charge in [0.25, 0.3) is 5.56 Å². The lowest BCUT2D eigenvalue weighted by Crippen LogP contribution is -2.26. The van der Waals surface area contributed by atoms with Crippen molar-refractivity contribution in [1.82, 2.24) is 9.55 Å². The first-order valence-electron chi connectivity index (χ1n) is 8.75. The van der Waals surface area contributed by atoms with E-state index in [2.05, 4.69) is 16.9 Å². The number of carbonyl (C=O) groups excluding carboxylic acids is 1. The van der Waals surface area contributed by atoms with E-state index in [1.165, 1.54) is 16.3 Å². The normalized spacial score (nSPS) is 11.8. The van der Waals surface area contributed by atoms with Gasteiger partial charge >= 0.3 is 0 Å². The Morgan fingerprint density at radius 1 is 1.32 bits per heavy atom. The number of allylic oxidation sites excluding steroid dienone is 1. The molecular weight excluding hydrogens is 374 g/mol. The van der Waals surface area contributed by atoms with Crippen molar-refractivity contribution in [1.29, 1.82) is 0 Å². The highest BCUT2D eigenvalue weighted by Crippen LogP contribution is 2.24. The van der Waals surface area contributed by atoms with Crippen LogP contribution in [0.15, 0.2) is 71.1 Å². The zero-order valence-corrected chi connectivity index (χ0v) is 16.5. The molecule has 0 radical (unpaired) electrons. The van der Waals surface area contributed by atoms with Crippen LogP contribution >= 0.6 is 11.8 Å². The number of aromatic nitrogens is 2. The molecule has 0 spiro atoms. The first-order valence-corrected chi connectivity index (χ1v) is 9.63. The van der Waals surface area contributed by atoms with Crippen molar-refractivity contribution < 1.29 is 9.53 Å². The van der Waals surface area contributed by atoms with Crippen LogP contribution in [0.25, 0.3) is 10.9 Å². The zero-order valence-electron chi connectivity index (χ0n) is 15.7. The van der Waals surface area contributed by atoms with Crippen LogP contribution in [0.3, 0.4) is 0 Å². The highest BCUT2D eigenvalue weighted by Gasteiger charge is 2.19. The molecule has 0 aliphatic carbocycles. The number of rotatable bonds is 7. The predicted molar refractivity (Wildman–Crippen MR) is 113 cm³/mol. The molecule has 28 heavy (non-hydrogen) atoms. The molecule has 3 aromatic rings. The van der Waals surface area contributed by atoms with Crippen LogP contribution in [-0.2, 0) is 11.3 Å². The summed E-state index contributed by atoms with van der Waals surface area (Å²) in [5, 5.41) is 3.43. The second kappa shape index (κ2) is 8.75. The smallest absolute Gasteiger partial charge is 0.262 e. The number of anilines is 1. The number of fused-ring (bicyclic) bond motifs is 1. The fourth-order valence-corrected chi connectivity index (χ4v) is 3.60. The van der Waals surface area contributed by atoms with E-state index < -0.39 is 5.25 Å². The molecule has 0 saturated carbocycles. The maximum atomic E-state index is 12.8. The van der Waals surface area contributed by atoms with Gasteiger partial charge in [0.15, 0.2) is 5.16 Å². The molecule has 1 N–H and O–H groups in total. The number of para-hydroxylation sites is 1. The van der Waals surface area contributed by atoms with Crippen LogP contribution < -0.4 is 15.6 Å². The van der Waals surface area contributed by atoms with E-state index in [1.54, 1.807) is 62.6 Å². The maximum Gasteiger partial charge on any atom is 0.262 e. The predicted octanol–water partition coefficient (Wildman–Crippen LogP) is 3.71. The van der Waals surface area contributed by atoms with Crippen molar-refractivity contribution in [3.05, 3.63) is 71.5 Å². The second-order valence-corrected chi connectivity index (χ2v) is 7.41. The number of thioether (sulfide) groups is 1. The Hall–Kier alpha value is -3.06. The fraction of sp³-hybridized carbons (Fsp3) is 0.190. The SMILES string of the molecule is C=CCn1c(S[C@H](C)C(=O)Nc2cccc(OC)c2)nc2ccccc2c1=O. The van der Waals surface area contributed by atoms with Crippen molar-refractivity contribution in [3.8, 4) is 5.75 Å². The minimum atomic E-state index is -0.463. The minimum absolute atomic E-state index is 0.145. The number of carbonyl (C=O) groups is 1. The molecule has 0 saturated heterocycles. The summed E-state index contributed by atoms with van der Waals surface area (Å²) in [5.74, 6) is 0.472. The van der Waals surface area contributed by atoms with Gasteiger partial charge in [-0.2, -0.15) is 0 Å². The first-order chi connectivity index (χ1) is 13.5. The Labute approximate surface area is 167 Å². The number of ether oxygens (including phenoxy) is 1. The Kier molecular flexibility index (Phi) is 6.16. The van der Waals surface area contributed by atoms with Gasteiger partial charge in [0, 0.05) is 18.3 Å². The number of methoxy groups -OCH3 is 1. The van der Waals surface area contributed by atoms with E-state index >= 15 is 0 Å². The third-order valence-electron chi connectivity index (χ3n) is 4.13. The van der Waals surface area contributed by atoms with Gasteiger partial charge in [0.05, 0.1) is 23.3 Å². The molecule has 1 aromatic heterocycles. The maximum absolute atomic E-state index is 12.8. The number of hydrogen-bond donors (Lipinski definition) is 1. The summed E-state index contributed by atoms with van der Waals surface area (Å²) in [6.07, 6.45) is 1.64. The van der Waals surface area contributed by atoms with Crippen LogP contribution in [0.5, 0.6) is 5.75 Å².